The van der Waals surface area contributed by atoms with Crippen molar-refractivity contribution in [3.8, 4) is 0 Å². The van der Waals surface area contributed by atoms with Crippen molar-refractivity contribution in [1.29, 1.82) is 0 Å². The molecule has 1 heterocycles. The Balaban J connectivity index is 2.09. The quantitative estimate of drug-likeness (QED) is 0.843. The van der Waals surface area contributed by atoms with Crippen LogP contribution in [0.5, 0.6) is 0 Å². The van der Waals surface area contributed by atoms with Crippen molar-refractivity contribution in [2.75, 3.05) is 5.73 Å². The molecule has 0 aliphatic rings. The van der Waals surface area contributed by atoms with Gasteiger partial charge >= 0.3 is 5.97 Å². The third-order valence-corrected chi connectivity index (χ3v) is 3.85. The van der Waals surface area contributed by atoms with E-state index in [1.807, 2.05) is 6.92 Å². The molecule has 1 amide bonds. The first-order valence-electron chi connectivity index (χ1n) is 5.89. The lowest BCUT2D eigenvalue weighted by atomic mass is 10.1. The SMILES string of the molecule is Cc1sc(C(=O)OCc2ccccc2C(N)=O)cc1N. The van der Waals surface area contributed by atoms with Crippen LogP contribution in [0.3, 0.4) is 0 Å². The lowest BCUT2D eigenvalue weighted by Gasteiger charge is -2.07. The molecule has 20 heavy (non-hydrogen) atoms. The third-order valence-electron chi connectivity index (χ3n) is 2.80. The van der Waals surface area contributed by atoms with E-state index in [-0.39, 0.29) is 6.61 Å². The maximum atomic E-state index is 11.9. The van der Waals surface area contributed by atoms with Gasteiger partial charge in [0, 0.05) is 21.7 Å². The number of nitrogen functional groups attached to an aromatic ring is 1. The number of anilines is 1. The van der Waals surface area contributed by atoms with E-state index in [1.54, 1.807) is 30.3 Å². The van der Waals surface area contributed by atoms with Crippen LogP contribution in [0, 0.1) is 6.92 Å². The molecule has 2 aromatic rings. The average Bonchev–Trinajstić information content (AvgIpc) is 2.76. The van der Waals surface area contributed by atoms with E-state index in [2.05, 4.69) is 0 Å². The van der Waals surface area contributed by atoms with Gasteiger partial charge in [-0.05, 0) is 19.1 Å². The first-order valence-corrected chi connectivity index (χ1v) is 6.71. The average molecular weight is 290 g/mol. The maximum absolute atomic E-state index is 11.9. The highest BCUT2D eigenvalue weighted by Gasteiger charge is 2.14. The number of amides is 1. The van der Waals surface area contributed by atoms with E-state index in [1.165, 1.54) is 11.3 Å². The number of rotatable bonds is 4. The Morgan fingerprint density at radius 1 is 1.30 bits per heavy atom. The number of aryl methyl sites for hydroxylation is 1. The lowest BCUT2D eigenvalue weighted by molar-refractivity contribution is 0.0476. The predicted molar refractivity (Wildman–Crippen MR) is 77.5 cm³/mol. The fraction of sp³-hybridized carbons (Fsp3) is 0.143. The van der Waals surface area contributed by atoms with E-state index in [0.29, 0.717) is 21.7 Å². The van der Waals surface area contributed by atoms with Crippen molar-refractivity contribution in [1.82, 2.24) is 0 Å². The van der Waals surface area contributed by atoms with Gasteiger partial charge in [0.15, 0.2) is 0 Å². The number of carbonyl (C=O) groups excluding carboxylic acids is 2. The fourth-order valence-corrected chi connectivity index (χ4v) is 2.53. The Bertz CT molecular complexity index is 645. The smallest absolute Gasteiger partial charge is 0.348 e. The second-order valence-corrected chi connectivity index (χ2v) is 5.48. The monoisotopic (exact) mass is 290 g/mol. The molecule has 5 nitrogen and oxygen atoms in total. The minimum absolute atomic E-state index is 0.00516. The van der Waals surface area contributed by atoms with Gasteiger partial charge in [0.2, 0.25) is 5.91 Å². The molecular formula is C14H14N2O3S. The maximum Gasteiger partial charge on any atom is 0.348 e. The van der Waals surface area contributed by atoms with Crippen LogP contribution in [0.2, 0.25) is 0 Å². The highest BCUT2D eigenvalue weighted by atomic mass is 32.1. The minimum Gasteiger partial charge on any atom is -0.457 e. The zero-order valence-corrected chi connectivity index (χ0v) is 11.7. The summed E-state index contributed by atoms with van der Waals surface area (Å²) in [6, 6.07) is 8.33. The molecular weight excluding hydrogens is 276 g/mol. The molecule has 1 aromatic heterocycles. The zero-order valence-electron chi connectivity index (χ0n) is 10.9. The van der Waals surface area contributed by atoms with Crippen LogP contribution in [0.15, 0.2) is 30.3 Å². The lowest BCUT2D eigenvalue weighted by Crippen LogP contribution is -2.15. The van der Waals surface area contributed by atoms with Crippen LogP contribution in [0.25, 0.3) is 0 Å². The van der Waals surface area contributed by atoms with Crippen LogP contribution in [0.1, 0.15) is 30.5 Å². The largest absolute Gasteiger partial charge is 0.457 e. The Morgan fingerprint density at radius 2 is 2.00 bits per heavy atom. The number of hydrogen-bond acceptors (Lipinski definition) is 5. The Kier molecular flexibility index (Phi) is 4.05. The van der Waals surface area contributed by atoms with Crippen molar-refractivity contribution in [3.63, 3.8) is 0 Å². The first-order chi connectivity index (χ1) is 9.49. The van der Waals surface area contributed by atoms with Crippen molar-refractivity contribution in [3.05, 3.63) is 51.2 Å². The molecule has 104 valence electrons. The molecule has 4 N–H and O–H groups in total. The number of carbonyl (C=O) groups is 2. The van der Waals surface area contributed by atoms with Gasteiger partial charge in [-0.3, -0.25) is 4.79 Å². The summed E-state index contributed by atoms with van der Waals surface area (Å²) in [6.45, 7) is 1.83. The second-order valence-electron chi connectivity index (χ2n) is 4.22. The van der Waals surface area contributed by atoms with Gasteiger partial charge in [0.05, 0.1) is 0 Å². The second kappa shape index (κ2) is 5.75. The standard InChI is InChI=1S/C14H14N2O3S/c1-8-11(15)6-12(20-8)14(18)19-7-9-4-2-3-5-10(9)13(16)17/h2-6H,7,15H2,1H3,(H2,16,17). The van der Waals surface area contributed by atoms with Crippen molar-refractivity contribution >= 4 is 28.9 Å². The molecule has 0 spiro atoms. The Morgan fingerprint density at radius 3 is 2.60 bits per heavy atom. The van der Waals surface area contributed by atoms with Crippen LogP contribution in [0.4, 0.5) is 5.69 Å². The fourth-order valence-electron chi connectivity index (χ4n) is 1.70. The molecule has 0 saturated heterocycles. The molecule has 0 saturated carbocycles. The number of ether oxygens (including phenoxy) is 1. The highest BCUT2D eigenvalue weighted by Crippen LogP contribution is 2.24. The predicted octanol–water partition coefficient (Wildman–Crippen LogP) is 2.09. The van der Waals surface area contributed by atoms with Crippen molar-refractivity contribution < 1.29 is 14.3 Å². The summed E-state index contributed by atoms with van der Waals surface area (Å²) in [5.74, 6) is -1.01. The minimum atomic E-state index is -0.548. The number of thiophene rings is 1. The number of esters is 1. The Labute approximate surface area is 120 Å². The molecule has 1 aromatic carbocycles. The van der Waals surface area contributed by atoms with Crippen LogP contribution in [-0.4, -0.2) is 11.9 Å². The molecule has 2 rings (SSSR count). The molecule has 0 aliphatic heterocycles. The van der Waals surface area contributed by atoms with E-state index >= 15 is 0 Å². The van der Waals surface area contributed by atoms with Gasteiger partial charge in [0.25, 0.3) is 0 Å². The van der Waals surface area contributed by atoms with Gasteiger partial charge in [-0.15, -0.1) is 11.3 Å². The van der Waals surface area contributed by atoms with Crippen LogP contribution < -0.4 is 11.5 Å². The first kappa shape index (κ1) is 14.1. The van der Waals surface area contributed by atoms with E-state index in [0.717, 1.165) is 4.88 Å². The number of benzene rings is 1. The van der Waals surface area contributed by atoms with Gasteiger partial charge in [-0.1, -0.05) is 18.2 Å². The molecule has 6 heteroatoms. The van der Waals surface area contributed by atoms with Gasteiger partial charge in [-0.25, -0.2) is 4.79 Å². The van der Waals surface area contributed by atoms with Crippen molar-refractivity contribution in [2.24, 2.45) is 5.73 Å². The molecule has 0 radical (unpaired) electrons. The number of primary amides is 1. The summed E-state index contributed by atoms with van der Waals surface area (Å²) in [5.41, 5.74) is 12.4. The van der Waals surface area contributed by atoms with Crippen LogP contribution >= 0.6 is 11.3 Å². The Hall–Kier alpha value is -2.34. The summed E-state index contributed by atoms with van der Waals surface area (Å²) in [4.78, 5) is 24.4. The summed E-state index contributed by atoms with van der Waals surface area (Å²) in [5, 5.41) is 0. The third kappa shape index (κ3) is 2.97. The molecule has 0 aliphatic carbocycles. The molecule has 0 fully saturated rings. The van der Waals surface area contributed by atoms with Gasteiger partial charge < -0.3 is 16.2 Å². The van der Waals surface area contributed by atoms with Crippen LogP contribution in [-0.2, 0) is 11.3 Å². The molecule has 0 atom stereocenters. The van der Waals surface area contributed by atoms with Gasteiger partial charge in [0.1, 0.15) is 11.5 Å². The van der Waals surface area contributed by atoms with Crippen molar-refractivity contribution in [2.45, 2.75) is 13.5 Å². The van der Waals surface area contributed by atoms with E-state index < -0.39 is 11.9 Å². The number of hydrogen-bond donors (Lipinski definition) is 2. The van der Waals surface area contributed by atoms with Gasteiger partial charge in [-0.2, -0.15) is 0 Å². The highest BCUT2D eigenvalue weighted by molar-refractivity contribution is 7.14. The zero-order chi connectivity index (χ0) is 14.7. The molecule has 0 unspecified atom stereocenters. The summed E-state index contributed by atoms with van der Waals surface area (Å²) in [6.07, 6.45) is 0. The van der Waals surface area contributed by atoms with E-state index in [9.17, 15) is 9.59 Å². The summed E-state index contributed by atoms with van der Waals surface area (Å²) >= 11 is 1.28. The topological polar surface area (TPSA) is 95.4 Å². The van der Waals surface area contributed by atoms with E-state index in [4.69, 9.17) is 16.2 Å². The summed E-state index contributed by atoms with van der Waals surface area (Å²) < 4.78 is 5.18. The number of nitrogens with two attached hydrogens (primary N) is 2. The molecule has 0 bridgehead atoms. The summed E-state index contributed by atoms with van der Waals surface area (Å²) in [7, 11) is 0. The normalized spacial score (nSPS) is 10.2.